The average Bonchev–Trinajstić information content (AvgIpc) is 3.11. The molecule has 1 aromatic carbocycles. The molecule has 0 bridgehead atoms. The van der Waals surface area contributed by atoms with E-state index in [2.05, 4.69) is 17.2 Å². The highest BCUT2D eigenvalue weighted by atomic mass is 19.1. The molecule has 0 spiro atoms. The Kier molecular flexibility index (Phi) is 4.82. The summed E-state index contributed by atoms with van der Waals surface area (Å²) in [6, 6.07) is 2.71. The zero-order valence-corrected chi connectivity index (χ0v) is 13.7. The summed E-state index contributed by atoms with van der Waals surface area (Å²) < 4.78 is 19.0. The lowest BCUT2D eigenvalue weighted by atomic mass is 10.1. The first kappa shape index (κ1) is 17.1. The molecule has 2 rings (SSSR count). The van der Waals surface area contributed by atoms with Crippen molar-refractivity contribution < 1.29 is 18.7 Å². The van der Waals surface area contributed by atoms with Gasteiger partial charge >= 0.3 is 6.09 Å². The minimum Gasteiger partial charge on any atom is -0.444 e. The summed E-state index contributed by atoms with van der Waals surface area (Å²) in [7, 11) is 0. The number of hydrogen-bond donors (Lipinski definition) is 1. The van der Waals surface area contributed by atoms with Crippen LogP contribution in [0, 0.1) is 11.7 Å². The van der Waals surface area contributed by atoms with Crippen molar-refractivity contribution in [1.82, 2.24) is 0 Å². The number of halogens is 1. The quantitative estimate of drug-likeness (QED) is 0.677. The first-order valence-corrected chi connectivity index (χ1v) is 7.51. The minimum atomic E-state index is -0.706. The molecule has 1 fully saturated rings. The maximum atomic E-state index is 13.8. The fraction of sp³-hybridized carbons (Fsp3) is 0.471. The van der Waals surface area contributed by atoms with Crippen LogP contribution < -0.4 is 5.32 Å². The highest BCUT2D eigenvalue weighted by Crippen LogP contribution is 2.33. The van der Waals surface area contributed by atoms with Crippen LogP contribution in [0.5, 0.6) is 0 Å². The van der Waals surface area contributed by atoms with Gasteiger partial charge in [-0.1, -0.05) is 6.92 Å². The molecule has 1 saturated carbocycles. The van der Waals surface area contributed by atoms with Gasteiger partial charge in [-0.05, 0) is 45.2 Å². The van der Waals surface area contributed by atoms with E-state index in [1.165, 1.54) is 6.07 Å². The monoisotopic (exact) mass is 320 g/mol. The first-order valence-electron chi connectivity index (χ1n) is 7.51. The third-order valence-corrected chi connectivity index (χ3v) is 3.40. The highest BCUT2D eigenvalue weighted by Gasteiger charge is 2.31. The van der Waals surface area contributed by atoms with Gasteiger partial charge < -0.3 is 4.74 Å². The Morgan fingerprint density at radius 2 is 2.04 bits per heavy atom. The number of rotatable bonds is 4. The van der Waals surface area contributed by atoms with E-state index in [1.54, 1.807) is 27.0 Å². The van der Waals surface area contributed by atoms with Gasteiger partial charge in [0.1, 0.15) is 11.4 Å². The number of anilines is 1. The summed E-state index contributed by atoms with van der Waals surface area (Å²) >= 11 is 0. The van der Waals surface area contributed by atoms with E-state index in [9.17, 15) is 14.0 Å². The summed E-state index contributed by atoms with van der Waals surface area (Å²) in [4.78, 5) is 27.2. The molecule has 1 aliphatic rings. The van der Waals surface area contributed by atoms with Crippen molar-refractivity contribution >= 4 is 24.3 Å². The molecule has 1 aromatic rings. The van der Waals surface area contributed by atoms with Crippen molar-refractivity contribution in [2.24, 2.45) is 10.9 Å². The van der Waals surface area contributed by atoms with E-state index in [1.807, 2.05) is 0 Å². The number of amides is 1. The standard InChI is InChI=1S/C17H21FN2O3/c1-10-5-14(10)19-8-11-6-12(9-21)13(18)7-15(11)20-16(22)23-17(2,3)4/h6-10,14H,5H2,1-4H3,(H,20,22). The summed E-state index contributed by atoms with van der Waals surface area (Å²) in [6.45, 7) is 7.29. The molecule has 1 amide bonds. The zero-order chi connectivity index (χ0) is 17.2. The summed E-state index contributed by atoms with van der Waals surface area (Å²) in [5.74, 6) is -0.178. The molecular weight excluding hydrogens is 299 g/mol. The van der Waals surface area contributed by atoms with Crippen LogP contribution >= 0.6 is 0 Å². The largest absolute Gasteiger partial charge is 0.444 e. The average molecular weight is 320 g/mol. The van der Waals surface area contributed by atoms with Gasteiger partial charge in [-0.25, -0.2) is 9.18 Å². The van der Waals surface area contributed by atoms with Crippen molar-refractivity contribution in [3.63, 3.8) is 0 Å². The molecule has 0 aromatic heterocycles. The van der Waals surface area contributed by atoms with Crippen LogP contribution in [0.25, 0.3) is 0 Å². The predicted molar refractivity (Wildman–Crippen MR) is 86.8 cm³/mol. The summed E-state index contributed by atoms with van der Waals surface area (Å²) in [5, 5.41) is 2.51. The van der Waals surface area contributed by atoms with Crippen LogP contribution in [0.3, 0.4) is 0 Å². The molecule has 0 radical (unpaired) electrons. The lowest BCUT2D eigenvalue weighted by molar-refractivity contribution is 0.0636. The van der Waals surface area contributed by atoms with E-state index in [4.69, 9.17) is 4.74 Å². The summed E-state index contributed by atoms with van der Waals surface area (Å²) in [5.41, 5.74) is -0.0498. The molecule has 2 atom stereocenters. The zero-order valence-electron chi connectivity index (χ0n) is 13.7. The third-order valence-electron chi connectivity index (χ3n) is 3.40. The number of carbonyl (C=O) groups excluding carboxylic acids is 2. The maximum absolute atomic E-state index is 13.8. The van der Waals surface area contributed by atoms with Crippen molar-refractivity contribution in [3.05, 3.63) is 29.1 Å². The fourth-order valence-corrected chi connectivity index (χ4v) is 2.01. The molecule has 1 N–H and O–H groups in total. The van der Waals surface area contributed by atoms with Gasteiger partial charge in [0.15, 0.2) is 6.29 Å². The van der Waals surface area contributed by atoms with Crippen molar-refractivity contribution in [1.29, 1.82) is 0 Å². The van der Waals surface area contributed by atoms with Gasteiger partial charge in [0.25, 0.3) is 0 Å². The number of aldehydes is 1. The number of ether oxygens (including phenoxy) is 1. The SMILES string of the molecule is CC1CC1N=Cc1cc(C=O)c(F)cc1NC(=O)OC(C)(C)C. The Bertz CT molecular complexity index is 650. The Hall–Kier alpha value is -2.24. The Morgan fingerprint density at radius 1 is 1.39 bits per heavy atom. The molecular formula is C17H21FN2O3. The third kappa shape index (κ3) is 4.87. The number of nitrogens with zero attached hydrogens (tertiary/aromatic N) is 1. The molecule has 23 heavy (non-hydrogen) atoms. The Morgan fingerprint density at radius 3 is 2.57 bits per heavy atom. The van der Waals surface area contributed by atoms with Gasteiger partial charge in [-0.2, -0.15) is 0 Å². The number of nitrogens with one attached hydrogen (secondary N) is 1. The van der Waals surface area contributed by atoms with Crippen LogP contribution in [0.2, 0.25) is 0 Å². The van der Waals surface area contributed by atoms with E-state index < -0.39 is 17.5 Å². The van der Waals surface area contributed by atoms with Crippen molar-refractivity contribution in [2.45, 2.75) is 45.8 Å². The smallest absolute Gasteiger partial charge is 0.412 e. The Balaban J connectivity index is 2.25. The maximum Gasteiger partial charge on any atom is 0.412 e. The van der Waals surface area contributed by atoms with Crippen molar-refractivity contribution in [3.8, 4) is 0 Å². The summed E-state index contributed by atoms with van der Waals surface area (Å²) in [6.07, 6.45) is 2.31. The second-order valence-corrected chi connectivity index (χ2v) is 6.76. The topological polar surface area (TPSA) is 67.8 Å². The van der Waals surface area contributed by atoms with Crippen LogP contribution in [0.4, 0.5) is 14.9 Å². The van der Waals surface area contributed by atoms with Crippen LogP contribution in [0.1, 0.15) is 50.0 Å². The molecule has 0 aliphatic heterocycles. The van der Waals surface area contributed by atoms with E-state index >= 15 is 0 Å². The van der Waals surface area contributed by atoms with E-state index in [0.29, 0.717) is 17.8 Å². The number of hydrogen-bond acceptors (Lipinski definition) is 4. The van der Waals surface area contributed by atoms with Gasteiger partial charge in [0, 0.05) is 11.8 Å². The molecule has 2 unspecified atom stereocenters. The van der Waals surface area contributed by atoms with Gasteiger partial charge in [-0.3, -0.25) is 15.1 Å². The first-order chi connectivity index (χ1) is 10.7. The minimum absolute atomic E-state index is 0.0787. The van der Waals surface area contributed by atoms with E-state index in [-0.39, 0.29) is 17.3 Å². The van der Waals surface area contributed by atoms with Crippen LogP contribution in [-0.4, -0.2) is 30.2 Å². The van der Waals surface area contributed by atoms with Gasteiger partial charge in [-0.15, -0.1) is 0 Å². The van der Waals surface area contributed by atoms with Gasteiger partial charge in [0.05, 0.1) is 17.3 Å². The predicted octanol–water partition coefficient (Wildman–Crippen LogP) is 3.81. The normalized spacial score (nSPS) is 20.4. The van der Waals surface area contributed by atoms with Crippen LogP contribution in [-0.2, 0) is 4.74 Å². The lowest BCUT2D eigenvalue weighted by Crippen LogP contribution is -2.27. The molecule has 124 valence electrons. The molecule has 0 heterocycles. The fourth-order valence-electron chi connectivity index (χ4n) is 2.01. The molecule has 5 nitrogen and oxygen atoms in total. The number of aliphatic imine (C=N–C) groups is 1. The van der Waals surface area contributed by atoms with Crippen molar-refractivity contribution in [2.75, 3.05) is 5.32 Å². The second-order valence-electron chi connectivity index (χ2n) is 6.76. The van der Waals surface area contributed by atoms with E-state index in [0.717, 1.165) is 12.5 Å². The highest BCUT2D eigenvalue weighted by molar-refractivity contribution is 5.96. The Labute approximate surface area is 134 Å². The van der Waals surface area contributed by atoms with Crippen LogP contribution in [0.15, 0.2) is 17.1 Å². The second kappa shape index (κ2) is 6.48. The number of benzene rings is 1. The van der Waals surface area contributed by atoms with Gasteiger partial charge in [0.2, 0.25) is 0 Å². The molecule has 6 heteroatoms. The molecule has 0 saturated heterocycles. The lowest BCUT2D eigenvalue weighted by Gasteiger charge is -2.20. The number of carbonyl (C=O) groups is 2. The molecule has 1 aliphatic carbocycles.